The number of amides is 2. The Bertz CT molecular complexity index is 956. The van der Waals surface area contributed by atoms with Gasteiger partial charge in [0.2, 0.25) is 5.91 Å². The number of piperidine rings is 1. The number of benzene rings is 1. The van der Waals surface area contributed by atoms with Crippen LogP contribution in [0.15, 0.2) is 54.9 Å². The molecule has 0 saturated carbocycles. The predicted molar refractivity (Wildman–Crippen MR) is 118 cm³/mol. The van der Waals surface area contributed by atoms with E-state index < -0.39 is 0 Å². The Morgan fingerprint density at radius 2 is 1.77 bits per heavy atom. The summed E-state index contributed by atoms with van der Waals surface area (Å²) in [6, 6.07) is 13.6. The van der Waals surface area contributed by atoms with Crippen molar-refractivity contribution in [2.45, 2.75) is 25.8 Å². The van der Waals surface area contributed by atoms with E-state index in [4.69, 9.17) is 0 Å². The molecule has 1 aromatic carbocycles. The highest BCUT2D eigenvalue weighted by atomic mass is 16.2. The van der Waals surface area contributed by atoms with Crippen molar-refractivity contribution in [3.05, 3.63) is 66.0 Å². The van der Waals surface area contributed by atoms with Gasteiger partial charge >= 0.3 is 0 Å². The van der Waals surface area contributed by atoms with E-state index in [1.165, 1.54) is 5.56 Å². The van der Waals surface area contributed by atoms with Crippen molar-refractivity contribution >= 4 is 11.8 Å². The summed E-state index contributed by atoms with van der Waals surface area (Å²) >= 11 is 0. The molecule has 3 fully saturated rings. The third kappa shape index (κ3) is 3.33. The van der Waals surface area contributed by atoms with Gasteiger partial charge in [0, 0.05) is 69.7 Å². The van der Waals surface area contributed by atoms with E-state index in [-0.39, 0.29) is 16.7 Å². The first kappa shape index (κ1) is 20.2. The van der Waals surface area contributed by atoms with Crippen molar-refractivity contribution in [2.75, 3.05) is 39.8 Å². The van der Waals surface area contributed by atoms with E-state index >= 15 is 0 Å². The molecule has 2 amide bonds. The van der Waals surface area contributed by atoms with Crippen LogP contribution in [0.25, 0.3) is 0 Å². The first-order chi connectivity index (χ1) is 15.0. The zero-order valence-corrected chi connectivity index (χ0v) is 18.2. The van der Waals surface area contributed by atoms with Crippen molar-refractivity contribution < 1.29 is 9.59 Å². The van der Waals surface area contributed by atoms with Gasteiger partial charge in [-0.05, 0) is 43.0 Å². The van der Waals surface area contributed by atoms with Crippen molar-refractivity contribution in [1.29, 1.82) is 0 Å². The number of carbonyl (C=O) groups is 2. The minimum Gasteiger partial charge on any atom is -0.345 e. The molecule has 0 aliphatic carbocycles. The lowest BCUT2D eigenvalue weighted by molar-refractivity contribution is -0.141. The molecule has 1 unspecified atom stereocenters. The first-order valence-electron chi connectivity index (χ1n) is 11.2. The number of hydrogen-bond acceptors (Lipinski definition) is 4. The van der Waals surface area contributed by atoms with E-state index in [0.717, 1.165) is 51.0 Å². The third-order valence-electron chi connectivity index (χ3n) is 7.82. The Hall–Kier alpha value is -2.73. The maximum Gasteiger partial charge on any atom is 0.253 e. The van der Waals surface area contributed by atoms with Crippen LogP contribution in [-0.4, -0.2) is 71.3 Å². The molecule has 3 aliphatic rings. The number of carbonyl (C=O) groups excluding carboxylic acids is 2. The van der Waals surface area contributed by atoms with Gasteiger partial charge < -0.3 is 9.80 Å². The third-order valence-corrected chi connectivity index (χ3v) is 7.82. The summed E-state index contributed by atoms with van der Waals surface area (Å²) in [5, 5.41) is 0. The highest BCUT2D eigenvalue weighted by Crippen LogP contribution is 2.57. The molecule has 162 valence electrons. The second-order valence-electron chi connectivity index (χ2n) is 9.50. The highest BCUT2D eigenvalue weighted by molar-refractivity contribution is 5.94. The van der Waals surface area contributed by atoms with Crippen LogP contribution < -0.4 is 0 Å². The number of fused-ring (bicyclic) bond motifs is 1. The highest BCUT2D eigenvalue weighted by Gasteiger charge is 2.64. The Labute approximate surface area is 183 Å². The minimum absolute atomic E-state index is 0.0650. The van der Waals surface area contributed by atoms with Gasteiger partial charge in [0.15, 0.2) is 0 Å². The summed E-state index contributed by atoms with van der Waals surface area (Å²) in [4.78, 5) is 37.0. The molecule has 0 N–H and O–H groups in total. The van der Waals surface area contributed by atoms with E-state index in [9.17, 15) is 9.59 Å². The van der Waals surface area contributed by atoms with Gasteiger partial charge in [0.05, 0.1) is 5.41 Å². The van der Waals surface area contributed by atoms with Crippen LogP contribution in [0.4, 0.5) is 0 Å². The Kier molecular flexibility index (Phi) is 5.05. The standard InChI is InChI=1S/C25H30N4O2/c1-27-13-11-25(23(27)31)19-28(17-20-6-5-12-26-16-20)18-24(25)9-14-29(15-10-24)22(30)21-7-3-2-4-8-21/h2-8,12,16H,9-11,13-15,17-19H2,1H3. The first-order valence-corrected chi connectivity index (χ1v) is 11.2. The lowest BCUT2D eigenvalue weighted by atomic mass is 9.60. The minimum atomic E-state index is -0.328. The SMILES string of the molecule is CN1CCC2(CN(Cc3cccnc3)CC23CCN(C(=O)c2ccccc2)CC3)C1=O. The van der Waals surface area contributed by atoms with Crippen LogP contribution >= 0.6 is 0 Å². The molecule has 2 aromatic rings. The molecular weight excluding hydrogens is 388 g/mol. The molecule has 5 rings (SSSR count). The lowest BCUT2D eigenvalue weighted by Crippen LogP contribution is -2.53. The Balaban J connectivity index is 1.37. The van der Waals surface area contributed by atoms with Crippen molar-refractivity contribution in [2.24, 2.45) is 10.8 Å². The van der Waals surface area contributed by atoms with Crippen LogP contribution in [0, 0.1) is 10.8 Å². The molecular formula is C25H30N4O2. The molecule has 6 nitrogen and oxygen atoms in total. The number of likely N-dealkylation sites (tertiary alicyclic amines) is 3. The summed E-state index contributed by atoms with van der Waals surface area (Å²) in [6.45, 7) is 4.79. The quantitative estimate of drug-likeness (QED) is 0.769. The predicted octanol–water partition coefficient (Wildman–Crippen LogP) is 2.67. The average molecular weight is 419 g/mol. The van der Waals surface area contributed by atoms with Gasteiger partial charge in [0.1, 0.15) is 0 Å². The number of pyridine rings is 1. The topological polar surface area (TPSA) is 56.8 Å². The van der Waals surface area contributed by atoms with Gasteiger partial charge in [-0.3, -0.25) is 19.5 Å². The van der Waals surface area contributed by atoms with Crippen molar-refractivity contribution in [3.63, 3.8) is 0 Å². The second kappa shape index (κ2) is 7.75. The number of aromatic nitrogens is 1. The Morgan fingerprint density at radius 1 is 1.00 bits per heavy atom. The van der Waals surface area contributed by atoms with Crippen molar-refractivity contribution in [1.82, 2.24) is 19.7 Å². The van der Waals surface area contributed by atoms with Crippen LogP contribution in [0.2, 0.25) is 0 Å². The van der Waals surface area contributed by atoms with E-state index in [2.05, 4.69) is 16.0 Å². The molecule has 1 atom stereocenters. The maximum atomic E-state index is 13.4. The van der Waals surface area contributed by atoms with E-state index in [1.54, 1.807) is 6.20 Å². The van der Waals surface area contributed by atoms with Gasteiger partial charge in [-0.25, -0.2) is 0 Å². The fourth-order valence-electron chi connectivity index (χ4n) is 6.16. The summed E-state index contributed by atoms with van der Waals surface area (Å²) < 4.78 is 0. The number of nitrogens with zero attached hydrogens (tertiary/aromatic N) is 4. The fourth-order valence-corrected chi connectivity index (χ4v) is 6.16. The van der Waals surface area contributed by atoms with E-state index in [0.29, 0.717) is 19.0 Å². The zero-order chi connectivity index (χ0) is 21.5. The van der Waals surface area contributed by atoms with Crippen LogP contribution in [0.1, 0.15) is 35.2 Å². The van der Waals surface area contributed by atoms with Crippen LogP contribution in [0.5, 0.6) is 0 Å². The smallest absolute Gasteiger partial charge is 0.253 e. The molecule has 0 bridgehead atoms. The van der Waals surface area contributed by atoms with Crippen molar-refractivity contribution in [3.8, 4) is 0 Å². The molecule has 4 heterocycles. The van der Waals surface area contributed by atoms with E-state index in [1.807, 2.05) is 59.4 Å². The molecule has 3 saturated heterocycles. The summed E-state index contributed by atoms with van der Waals surface area (Å²) in [5.74, 6) is 0.397. The molecule has 3 aliphatic heterocycles. The average Bonchev–Trinajstić information content (AvgIpc) is 3.26. The monoisotopic (exact) mass is 418 g/mol. The van der Waals surface area contributed by atoms with Gasteiger partial charge in [-0.2, -0.15) is 0 Å². The summed E-state index contributed by atoms with van der Waals surface area (Å²) in [5.41, 5.74) is 1.54. The van der Waals surface area contributed by atoms with Gasteiger partial charge in [0.25, 0.3) is 5.91 Å². The number of rotatable bonds is 3. The molecule has 0 radical (unpaired) electrons. The molecule has 1 aromatic heterocycles. The normalized spacial score (nSPS) is 25.6. The van der Waals surface area contributed by atoms with Gasteiger partial charge in [-0.1, -0.05) is 24.3 Å². The molecule has 6 heteroatoms. The summed E-state index contributed by atoms with van der Waals surface area (Å²) in [7, 11) is 1.93. The Morgan fingerprint density at radius 3 is 2.42 bits per heavy atom. The summed E-state index contributed by atoms with van der Waals surface area (Å²) in [6.07, 6.45) is 6.40. The zero-order valence-electron chi connectivity index (χ0n) is 18.2. The lowest BCUT2D eigenvalue weighted by Gasteiger charge is -2.47. The molecule has 31 heavy (non-hydrogen) atoms. The molecule has 2 spiro atoms. The van der Waals surface area contributed by atoms with Gasteiger partial charge in [-0.15, -0.1) is 0 Å². The fraction of sp³-hybridized carbons (Fsp3) is 0.480. The number of hydrogen-bond donors (Lipinski definition) is 0. The maximum absolute atomic E-state index is 13.4. The van der Waals surface area contributed by atoms with Crippen LogP contribution in [0.3, 0.4) is 0 Å². The van der Waals surface area contributed by atoms with Crippen LogP contribution in [-0.2, 0) is 11.3 Å². The largest absolute Gasteiger partial charge is 0.345 e. The second-order valence-corrected chi connectivity index (χ2v) is 9.50.